The Balaban J connectivity index is 2.79. The molecule has 2 N–H and O–H groups in total. The molecule has 0 heterocycles. The maximum absolute atomic E-state index is 3.98. The van der Waals surface area contributed by atoms with Gasteiger partial charge in [-0.2, -0.15) is 0 Å². The van der Waals surface area contributed by atoms with E-state index in [-0.39, 0.29) is 0 Å². The molecule has 0 radical (unpaired) electrons. The highest BCUT2D eigenvalue weighted by molar-refractivity contribution is 5.31. The highest BCUT2D eigenvalue weighted by Crippen LogP contribution is 2.29. The van der Waals surface area contributed by atoms with Crippen LogP contribution in [0.4, 0.5) is 0 Å². The average Bonchev–Trinajstić information content (AvgIpc) is 2.58. The number of allylic oxidation sites excluding steroid dienone is 5. The van der Waals surface area contributed by atoms with Crippen molar-refractivity contribution in [3.05, 3.63) is 47.9 Å². The minimum atomic E-state index is 0.400. The standard InChI is InChI=1S/C25H45N3/c1-19(2)27-18-28(15-14-20(3)17-25(6,7)8)24-13-12-23(16-21(24)4)11-10-22(5)26-9/h10-13,19-20,23,26-27H,5,14-18H2,1-4,6-9H3/b11-10+. The Morgan fingerprint density at radius 3 is 2.54 bits per heavy atom. The summed E-state index contributed by atoms with van der Waals surface area (Å²) in [6.45, 7) is 22.1. The Hall–Kier alpha value is -1.48. The van der Waals surface area contributed by atoms with Crippen LogP contribution >= 0.6 is 0 Å². The van der Waals surface area contributed by atoms with E-state index in [1.807, 2.05) is 7.05 Å². The molecule has 0 aromatic rings. The molecule has 1 aliphatic rings. The fraction of sp³-hybridized carbons (Fsp3) is 0.680. The first-order chi connectivity index (χ1) is 13.0. The van der Waals surface area contributed by atoms with Crippen molar-refractivity contribution in [2.45, 2.75) is 73.8 Å². The van der Waals surface area contributed by atoms with Gasteiger partial charge in [0, 0.05) is 31.0 Å². The lowest BCUT2D eigenvalue weighted by atomic mass is 9.84. The van der Waals surface area contributed by atoms with E-state index in [1.165, 1.54) is 24.1 Å². The summed E-state index contributed by atoms with van der Waals surface area (Å²) in [5.41, 5.74) is 4.22. The Morgan fingerprint density at radius 2 is 2.00 bits per heavy atom. The predicted molar refractivity (Wildman–Crippen MR) is 125 cm³/mol. The average molecular weight is 388 g/mol. The normalized spacial score (nSPS) is 18.8. The van der Waals surface area contributed by atoms with Crippen molar-refractivity contribution in [1.82, 2.24) is 15.5 Å². The van der Waals surface area contributed by atoms with Crippen LogP contribution in [-0.4, -0.2) is 31.2 Å². The van der Waals surface area contributed by atoms with Gasteiger partial charge in [-0.3, -0.25) is 5.32 Å². The first-order valence-electron chi connectivity index (χ1n) is 10.9. The second-order valence-corrected chi connectivity index (χ2v) is 9.97. The lowest BCUT2D eigenvalue weighted by molar-refractivity contribution is 0.248. The largest absolute Gasteiger partial charge is 0.389 e. The molecule has 0 amide bonds. The van der Waals surface area contributed by atoms with Gasteiger partial charge in [-0.15, -0.1) is 0 Å². The van der Waals surface area contributed by atoms with Gasteiger partial charge >= 0.3 is 0 Å². The number of nitrogens with one attached hydrogen (secondary N) is 2. The Labute approximate surface area is 175 Å². The highest BCUT2D eigenvalue weighted by atomic mass is 15.2. The molecular formula is C25H45N3. The monoisotopic (exact) mass is 387 g/mol. The summed E-state index contributed by atoms with van der Waals surface area (Å²) in [6, 6.07) is 0.492. The van der Waals surface area contributed by atoms with Gasteiger partial charge in [-0.25, -0.2) is 0 Å². The molecule has 0 spiro atoms. The van der Waals surface area contributed by atoms with Gasteiger partial charge in [0.15, 0.2) is 0 Å². The Morgan fingerprint density at radius 1 is 1.32 bits per heavy atom. The zero-order chi connectivity index (χ0) is 21.3. The van der Waals surface area contributed by atoms with Crippen LogP contribution < -0.4 is 10.6 Å². The van der Waals surface area contributed by atoms with E-state index in [1.54, 1.807) is 0 Å². The van der Waals surface area contributed by atoms with Crippen LogP contribution in [0.1, 0.15) is 67.7 Å². The molecule has 3 heteroatoms. The van der Waals surface area contributed by atoms with Gasteiger partial charge in [0.2, 0.25) is 0 Å². The molecule has 0 bridgehead atoms. The molecule has 0 aliphatic heterocycles. The Kier molecular flexibility index (Phi) is 10.1. The van der Waals surface area contributed by atoms with Gasteiger partial charge in [-0.1, -0.05) is 46.4 Å². The molecule has 0 saturated heterocycles. The lowest BCUT2D eigenvalue weighted by Crippen LogP contribution is -2.38. The lowest BCUT2D eigenvalue weighted by Gasteiger charge is -2.33. The molecule has 0 aromatic heterocycles. The van der Waals surface area contributed by atoms with Gasteiger partial charge in [0.1, 0.15) is 0 Å². The smallest absolute Gasteiger partial charge is 0.0683 e. The third-order valence-electron chi connectivity index (χ3n) is 5.23. The van der Waals surface area contributed by atoms with Crippen molar-refractivity contribution in [3.8, 4) is 0 Å². The number of rotatable bonds is 11. The van der Waals surface area contributed by atoms with Crippen molar-refractivity contribution < 1.29 is 0 Å². The summed E-state index contributed by atoms with van der Waals surface area (Å²) in [5, 5.41) is 6.70. The van der Waals surface area contributed by atoms with E-state index >= 15 is 0 Å². The molecule has 0 saturated carbocycles. The molecule has 0 fully saturated rings. The van der Waals surface area contributed by atoms with Crippen LogP contribution in [0, 0.1) is 17.3 Å². The number of hydrogen-bond acceptors (Lipinski definition) is 3. The minimum Gasteiger partial charge on any atom is -0.389 e. The molecule has 0 aromatic carbocycles. The molecular weight excluding hydrogens is 342 g/mol. The number of likely N-dealkylation sites (N-methyl/N-ethyl adjacent to an activating group) is 1. The molecule has 1 rings (SSSR count). The van der Waals surface area contributed by atoms with Gasteiger partial charge in [0.25, 0.3) is 0 Å². The summed E-state index contributed by atoms with van der Waals surface area (Å²) in [5.74, 6) is 1.19. The molecule has 2 unspecified atom stereocenters. The topological polar surface area (TPSA) is 27.3 Å². The van der Waals surface area contributed by atoms with Crippen LogP contribution in [0.25, 0.3) is 0 Å². The molecule has 28 heavy (non-hydrogen) atoms. The summed E-state index contributed by atoms with van der Waals surface area (Å²) in [4.78, 5) is 2.54. The van der Waals surface area contributed by atoms with E-state index in [2.05, 4.69) is 94.9 Å². The second kappa shape index (κ2) is 11.5. The van der Waals surface area contributed by atoms with Gasteiger partial charge < -0.3 is 10.2 Å². The number of nitrogens with zero attached hydrogens (tertiary/aromatic N) is 1. The zero-order valence-electron chi connectivity index (χ0n) is 19.7. The predicted octanol–water partition coefficient (Wildman–Crippen LogP) is 5.85. The summed E-state index contributed by atoms with van der Waals surface area (Å²) >= 11 is 0. The molecule has 160 valence electrons. The number of hydrogen-bond donors (Lipinski definition) is 2. The van der Waals surface area contributed by atoms with Crippen LogP contribution in [0.15, 0.2) is 47.9 Å². The van der Waals surface area contributed by atoms with Gasteiger partial charge in [0.05, 0.1) is 6.67 Å². The van der Waals surface area contributed by atoms with Crippen molar-refractivity contribution in [3.63, 3.8) is 0 Å². The van der Waals surface area contributed by atoms with E-state index in [9.17, 15) is 0 Å². The van der Waals surface area contributed by atoms with Crippen molar-refractivity contribution in [2.24, 2.45) is 17.3 Å². The van der Waals surface area contributed by atoms with Crippen LogP contribution in [0.3, 0.4) is 0 Å². The maximum Gasteiger partial charge on any atom is 0.0683 e. The van der Waals surface area contributed by atoms with Crippen molar-refractivity contribution in [1.29, 1.82) is 0 Å². The first kappa shape index (κ1) is 24.6. The summed E-state index contributed by atoms with van der Waals surface area (Å²) in [7, 11) is 1.91. The van der Waals surface area contributed by atoms with Gasteiger partial charge in [-0.05, 0) is 75.0 Å². The highest BCUT2D eigenvalue weighted by Gasteiger charge is 2.19. The summed E-state index contributed by atoms with van der Waals surface area (Å²) < 4.78 is 0. The zero-order valence-corrected chi connectivity index (χ0v) is 19.7. The first-order valence-corrected chi connectivity index (χ1v) is 10.9. The van der Waals surface area contributed by atoms with E-state index in [4.69, 9.17) is 0 Å². The third kappa shape index (κ3) is 9.64. The SMILES string of the molecule is C=C(/C=C/C1C=CC(N(CCC(C)CC(C)(C)C)CNC(C)C)=C(C)C1)NC. The quantitative estimate of drug-likeness (QED) is 0.344. The Bertz CT molecular complexity index is 575. The van der Waals surface area contributed by atoms with Crippen molar-refractivity contribution in [2.75, 3.05) is 20.3 Å². The molecule has 1 aliphatic carbocycles. The fourth-order valence-electron chi connectivity index (χ4n) is 3.81. The minimum absolute atomic E-state index is 0.400. The van der Waals surface area contributed by atoms with Crippen LogP contribution in [0.2, 0.25) is 0 Å². The third-order valence-corrected chi connectivity index (χ3v) is 5.23. The molecule has 3 nitrogen and oxygen atoms in total. The molecule has 2 atom stereocenters. The van der Waals surface area contributed by atoms with E-state index < -0.39 is 0 Å². The van der Waals surface area contributed by atoms with Crippen LogP contribution in [-0.2, 0) is 0 Å². The maximum atomic E-state index is 3.98. The van der Waals surface area contributed by atoms with Crippen molar-refractivity contribution >= 4 is 0 Å². The van der Waals surface area contributed by atoms with E-state index in [0.717, 1.165) is 31.2 Å². The fourth-order valence-corrected chi connectivity index (χ4v) is 3.81. The van der Waals surface area contributed by atoms with E-state index in [0.29, 0.717) is 17.4 Å². The second-order valence-electron chi connectivity index (χ2n) is 9.97. The summed E-state index contributed by atoms with van der Waals surface area (Å²) in [6.07, 6.45) is 12.6. The van der Waals surface area contributed by atoms with Crippen LogP contribution in [0.5, 0.6) is 0 Å².